The zero-order chi connectivity index (χ0) is 15.6. The predicted molar refractivity (Wildman–Crippen MR) is 89.1 cm³/mol. The van der Waals surface area contributed by atoms with Crippen LogP contribution in [0.4, 0.5) is 0 Å². The maximum Gasteiger partial charge on any atom is 0.0916 e. The van der Waals surface area contributed by atoms with Gasteiger partial charge in [0.25, 0.3) is 0 Å². The number of ether oxygens (including phenoxy) is 1. The summed E-state index contributed by atoms with van der Waals surface area (Å²) in [5.41, 5.74) is 2.55. The normalized spacial score (nSPS) is 21.7. The van der Waals surface area contributed by atoms with Gasteiger partial charge in [0.15, 0.2) is 0 Å². The number of hydrogen-bond acceptors (Lipinski definition) is 5. The van der Waals surface area contributed by atoms with Gasteiger partial charge in [0.1, 0.15) is 0 Å². The Balaban J connectivity index is 1.39. The molecule has 4 rings (SSSR count). The van der Waals surface area contributed by atoms with E-state index in [1.807, 2.05) is 22.2 Å². The van der Waals surface area contributed by atoms with Gasteiger partial charge < -0.3 is 9.84 Å². The van der Waals surface area contributed by atoms with Gasteiger partial charge in [-0.2, -0.15) is 5.10 Å². The summed E-state index contributed by atoms with van der Waals surface area (Å²) in [6.07, 6.45) is 5.90. The summed E-state index contributed by atoms with van der Waals surface area (Å²) in [6, 6.07) is 4.49. The molecular formula is C17H23N3O2S. The Kier molecular flexibility index (Phi) is 4.48. The number of aromatic nitrogens is 2. The minimum atomic E-state index is 0.143. The summed E-state index contributed by atoms with van der Waals surface area (Å²) in [7, 11) is 0. The maximum atomic E-state index is 9.11. The Bertz CT molecular complexity index is 661. The molecule has 23 heavy (non-hydrogen) atoms. The Morgan fingerprint density at radius 1 is 1.30 bits per heavy atom. The molecule has 4 heterocycles. The van der Waals surface area contributed by atoms with Crippen molar-refractivity contribution < 1.29 is 9.84 Å². The minimum absolute atomic E-state index is 0.143. The molecule has 0 saturated carbocycles. The van der Waals surface area contributed by atoms with E-state index in [2.05, 4.69) is 22.1 Å². The van der Waals surface area contributed by atoms with Gasteiger partial charge >= 0.3 is 0 Å². The fourth-order valence-electron chi connectivity index (χ4n) is 3.51. The third kappa shape index (κ3) is 3.21. The molecular weight excluding hydrogens is 310 g/mol. The van der Waals surface area contributed by atoms with E-state index in [1.165, 1.54) is 33.9 Å². The van der Waals surface area contributed by atoms with Crippen LogP contribution in [0.25, 0.3) is 0 Å². The average Bonchev–Trinajstić information content (AvgIpc) is 3.27. The van der Waals surface area contributed by atoms with Gasteiger partial charge in [-0.25, -0.2) is 0 Å². The Hall–Kier alpha value is -1.21. The average molecular weight is 333 g/mol. The van der Waals surface area contributed by atoms with E-state index in [0.29, 0.717) is 12.6 Å². The van der Waals surface area contributed by atoms with Crippen molar-refractivity contribution in [3.05, 3.63) is 39.3 Å². The molecule has 5 nitrogen and oxygen atoms in total. The zero-order valence-electron chi connectivity index (χ0n) is 13.3. The van der Waals surface area contributed by atoms with Gasteiger partial charge in [-0.3, -0.25) is 9.58 Å². The topological polar surface area (TPSA) is 50.5 Å². The third-order valence-electron chi connectivity index (χ3n) is 4.67. The van der Waals surface area contributed by atoms with Crippen LogP contribution in [0.5, 0.6) is 0 Å². The molecule has 0 spiro atoms. The Labute approximate surface area is 140 Å². The minimum Gasteiger partial charge on any atom is -0.394 e. The molecule has 0 amide bonds. The van der Waals surface area contributed by atoms with Crippen LogP contribution in [0.3, 0.4) is 0 Å². The molecule has 6 heteroatoms. The monoisotopic (exact) mass is 333 g/mol. The van der Waals surface area contributed by atoms with E-state index in [0.717, 1.165) is 32.7 Å². The second-order valence-electron chi connectivity index (χ2n) is 6.37. The Morgan fingerprint density at radius 2 is 2.26 bits per heavy atom. The number of aliphatic hydroxyl groups is 1. The summed E-state index contributed by atoms with van der Waals surface area (Å²) in [4.78, 5) is 5.22. The smallest absolute Gasteiger partial charge is 0.0916 e. The molecule has 2 aromatic rings. The van der Waals surface area contributed by atoms with Gasteiger partial charge in [-0.1, -0.05) is 0 Å². The fourth-order valence-corrected chi connectivity index (χ4v) is 4.65. The number of hydrogen-bond donors (Lipinski definition) is 1. The predicted octanol–water partition coefficient (Wildman–Crippen LogP) is 2.69. The van der Waals surface area contributed by atoms with Crippen LogP contribution in [0.15, 0.2) is 18.3 Å². The molecule has 1 fully saturated rings. The van der Waals surface area contributed by atoms with Crippen molar-refractivity contribution in [2.75, 3.05) is 13.2 Å². The quantitative estimate of drug-likeness (QED) is 0.914. The van der Waals surface area contributed by atoms with Crippen molar-refractivity contribution >= 4 is 11.3 Å². The van der Waals surface area contributed by atoms with Crippen molar-refractivity contribution in [3.8, 4) is 0 Å². The fraction of sp³-hybridized carbons (Fsp3) is 0.588. The standard InChI is InChI=1S/C17H23N3O2S/c21-7-6-20-15-12-19(10-13(15)9-18-20)11-14-4-5-17(23-14)16-3-1-2-8-22-16/h4-5,9,16,21H,1-3,6-8,10-12H2/t16-/m1/s1. The lowest BCUT2D eigenvalue weighted by Crippen LogP contribution is -2.17. The van der Waals surface area contributed by atoms with Crippen LogP contribution in [-0.2, 0) is 30.9 Å². The highest BCUT2D eigenvalue weighted by molar-refractivity contribution is 7.12. The van der Waals surface area contributed by atoms with Gasteiger partial charge in [0.2, 0.25) is 0 Å². The van der Waals surface area contributed by atoms with E-state index in [-0.39, 0.29) is 6.61 Å². The number of rotatable bonds is 5. The lowest BCUT2D eigenvalue weighted by molar-refractivity contribution is 0.0172. The molecule has 0 unspecified atom stereocenters. The first-order chi connectivity index (χ1) is 11.3. The second-order valence-corrected chi connectivity index (χ2v) is 7.57. The molecule has 1 saturated heterocycles. The van der Waals surface area contributed by atoms with E-state index < -0.39 is 0 Å². The lowest BCUT2D eigenvalue weighted by atomic mass is 10.1. The molecule has 1 N–H and O–H groups in total. The largest absolute Gasteiger partial charge is 0.394 e. The van der Waals surface area contributed by atoms with Crippen molar-refractivity contribution in [1.29, 1.82) is 0 Å². The van der Waals surface area contributed by atoms with Crippen molar-refractivity contribution in [3.63, 3.8) is 0 Å². The maximum absolute atomic E-state index is 9.11. The molecule has 1 atom stereocenters. The van der Waals surface area contributed by atoms with Crippen molar-refractivity contribution in [1.82, 2.24) is 14.7 Å². The number of fused-ring (bicyclic) bond motifs is 1. The second kappa shape index (κ2) is 6.73. The molecule has 2 aromatic heterocycles. The summed E-state index contributed by atoms with van der Waals surface area (Å²) in [5.74, 6) is 0. The summed E-state index contributed by atoms with van der Waals surface area (Å²) < 4.78 is 7.83. The SMILES string of the molecule is OCCn1ncc2c1CN(Cc1ccc([C@H]3CCCCO3)s1)C2. The van der Waals surface area contributed by atoms with Crippen molar-refractivity contribution in [2.45, 2.75) is 51.5 Å². The van der Waals surface area contributed by atoms with E-state index >= 15 is 0 Å². The van der Waals surface area contributed by atoms with E-state index in [9.17, 15) is 0 Å². The van der Waals surface area contributed by atoms with Gasteiger partial charge in [-0.05, 0) is 31.4 Å². The van der Waals surface area contributed by atoms with Crippen LogP contribution in [0.1, 0.15) is 46.4 Å². The van der Waals surface area contributed by atoms with Crippen LogP contribution < -0.4 is 0 Å². The van der Waals surface area contributed by atoms with E-state index in [4.69, 9.17) is 9.84 Å². The number of aliphatic hydroxyl groups excluding tert-OH is 1. The zero-order valence-corrected chi connectivity index (χ0v) is 14.1. The Morgan fingerprint density at radius 3 is 3.09 bits per heavy atom. The van der Waals surface area contributed by atoms with Gasteiger partial charge in [-0.15, -0.1) is 11.3 Å². The first-order valence-electron chi connectivity index (χ1n) is 8.40. The van der Waals surface area contributed by atoms with Gasteiger partial charge in [0.05, 0.1) is 31.1 Å². The van der Waals surface area contributed by atoms with Crippen LogP contribution in [0, 0.1) is 0 Å². The molecule has 0 radical (unpaired) electrons. The first-order valence-corrected chi connectivity index (χ1v) is 9.22. The highest BCUT2D eigenvalue weighted by Crippen LogP contribution is 2.34. The molecule has 0 bridgehead atoms. The summed E-state index contributed by atoms with van der Waals surface area (Å²) >= 11 is 1.89. The lowest BCUT2D eigenvalue weighted by Gasteiger charge is -2.21. The van der Waals surface area contributed by atoms with Crippen LogP contribution in [-0.4, -0.2) is 33.0 Å². The molecule has 0 aromatic carbocycles. The number of nitrogens with zero attached hydrogens (tertiary/aromatic N) is 3. The van der Waals surface area contributed by atoms with E-state index in [1.54, 1.807) is 0 Å². The molecule has 124 valence electrons. The number of thiophene rings is 1. The van der Waals surface area contributed by atoms with Crippen LogP contribution >= 0.6 is 11.3 Å². The first kappa shape index (κ1) is 15.3. The molecule has 0 aliphatic carbocycles. The third-order valence-corrected chi connectivity index (χ3v) is 5.84. The molecule has 2 aliphatic heterocycles. The highest BCUT2D eigenvalue weighted by Gasteiger charge is 2.24. The highest BCUT2D eigenvalue weighted by atomic mass is 32.1. The van der Waals surface area contributed by atoms with Gasteiger partial charge in [0, 0.05) is 41.6 Å². The summed E-state index contributed by atoms with van der Waals surface area (Å²) in [5, 5.41) is 13.5. The van der Waals surface area contributed by atoms with Crippen LogP contribution in [0.2, 0.25) is 0 Å². The summed E-state index contributed by atoms with van der Waals surface area (Å²) in [6.45, 7) is 4.48. The molecule has 2 aliphatic rings. The van der Waals surface area contributed by atoms with Crippen molar-refractivity contribution in [2.24, 2.45) is 0 Å².